The molecule has 0 saturated carbocycles. The minimum Gasteiger partial charge on any atom is -0.352 e. The van der Waals surface area contributed by atoms with Crippen LogP contribution >= 0.6 is 12.2 Å². The first-order valence-electron chi connectivity index (χ1n) is 8.53. The van der Waals surface area contributed by atoms with E-state index in [9.17, 15) is 9.00 Å². The summed E-state index contributed by atoms with van der Waals surface area (Å²) in [5.41, 5.74) is 0.586. The smallest absolute Gasteiger partial charge is 0.251 e. The fourth-order valence-corrected chi connectivity index (χ4v) is 4.09. The van der Waals surface area contributed by atoms with E-state index in [-0.39, 0.29) is 5.91 Å². The first-order valence-corrected chi connectivity index (χ1v) is 10.2. The highest BCUT2D eigenvalue weighted by Crippen LogP contribution is 2.25. The third-order valence-electron chi connectivity index (χ3n) is 3.98. The van der Waals surface area contributed by atoms with Crippen molar-refractivity contribution in [3.63, 3.8) is 0 Å². The van der Waals surface area contributed by atoms with E-state index < -0.39 is 21.7 Å². The Morgan fingerprint density at radius 2 is 2.00 bits per heavy atom. The summed E-state index contributed by atoms with van der Waals surface area (Å²) in [6.45, 7) is 8.39. The minimum atomic E-state index is -1.53. The second-order valence-corrected chi connectivity index (χ2v) is 8.95. The van der Waals surface area contributed by atoms with E-state index in [2.05, 4.69) is 20.9 Å². The average molecular weight is 395 g/mol. The number of nitrogens with zero attached hydrogens (tertiary/aromatic N) is 1. The molecule has 2 unspecified atom stereocenters. The number of amidine groups is 1. The molecular weight excluding hydrogens is 368 g/mol. The summed E-state index contributed by atoms with van der Waals surface area (Å²) >= 11 is 5.27. The van der Waals surface area contributed by atoms with Crippen LogP contribution < -0.4 is 16.0 Å². The number of amides is 1. The van der Waals surface area contributed by atoms with Crippen LogP contribution in [0.1, 0.15) is 49.0 Å². The number of carbonyl (C=O) groups is 1. The molecule has 1 aromatic rings. The molecule has 0 fully saturated rings. The quantitative estimate of drug-likeness (QED) is 0.644. The second kappa shape index (κ2) is 8.37. The fourth-order valence-electron chi connectivity index (χ4n) is 2.49. The summed E-state index contributed by atoms with van der Waals surface area (Å²) in [4.78, 5) is 17.6. The van der Waals surface area contributed by atoms with Crippen molar-refractivity contribution in [3.05, 3.63) is 35.4 Å². The normalized spacial score (nSPS) is 18.2. The van der Waals surface area contributed by atoms with Crippen LogP contribution in [0.15, 0.2) is 29.3 Å². The molecule has 1 amide bonds. The Morgan fingerprint density at radius 1 is 1.35 bits per heavy atom. The molecule has 1 aromatic carbocycles. The number of hydrogen-bond donors (Lipinski definition) is 3. The van der Waals surface area contributed by atoms with Crippen LogP contribution in [0.5, 0.6) is 0 Å². The van der Waals surface area contributed by atoms with Crippen molar-refractivity contribution in [1.82, 2.24) is 16.0 Å². The molecule has 3 N–H and O–H groups in total. The van der Waals surface area contributed by atoms with Crippen LogP contribution in [0.3, 0.4) is 0 Å². The monoisotopic (exact) mass is 394 g/mol. The van der Waals surface area contributed by atoms with Crippen molar-refractivity contribution < 1.29 is 9.00 Å². The van der Waals surface area contributed by atoms with Gasteiger partial charge < -0.3 is 16.0 Å². The molecule has 1 aliphatic rings. The SMILES string of the molecule is CNC(c1ccccc1C(=O)NCC(C)C)S(=O)C1=NC(C)(C)C(=S)N1. The average Bonchev–Trinajstić information content (AvgIpc) is 2.87. The maximum absolute atomic E-state index is 13.1. The Labute approximate surface area is 162 Å². The lowest BCUT2D eigenvalue weighted by Gasteiger charge is -2.19. The molecule has 0 saturated heterocycles. The first kappa shape index (κ1) is 20.7. The molecule has 0 radical (unpaired) electrons. The molecule has 142 valence electrons. The number of hydrogen-bond acceptors (Lipinski definition) is 5. The first-order chi connectivity index (χ1) is 12.2. The minimum absolute atomic E-state index is 0.177. The number of carbonyl (C=O) groups excluding carboxylic acids is 1. The Hall–Kier alpha value is -1.64. The largest absolute Gasteiger partial charge is 0.352 e. The number of aliphatic imine (C=N–C) groups is 1. The van der Waals surface area contributed by atoms with E-state index >= 15 is 0 Å². The summed E-state index contributed by atoms with van der Waals surface area (Å²) in [5.74, 6) is 0.171. The molecule has 2 atom stereocenters. The van der Waals surface area contributed by atoms with Crippen molar-refractivity contribution in [1.29, 1.82) is 0 Å². The zero-order valence-corrected chi connectivity index (χ0v) is 17.4. The molecule has 0 aromatic heterocycles. The van der Waals surface area contributed by atoms with E-state index in [1.54, 1.807) is 19.2 Å². The molecule has 0 aliphatic carbocycles. The summed E-state index contributed by atoms with van der Waals surface area (Å²) in [7, 11) is 0.182. The lowest BCUT2D eigenvalue weighted by Crippen LogP contribution is -2.37. The van der Waals surface area contributed by atoms with Crippen molar-refractivity contribution in [2.45, 2.75) is 38.6 Å². The number of nitrogens with one attached hydrogen (secondary N) is 3. The lowest BCUT2D eigenvalue weighted by molar-refractivity contribution is 0.0948. The highest BCUT2D eigenvalue weighted by atomic mass is 32.2. The fraction of sp³-hybridized carbons (Fsp3) is 0.500. The van der Waals surface area contributed by atoms with Crippen molar-refractivity contribution in [2.24, 2.45) is 10.9 Å². The van der Waals surface area contributed by atoms with Crippen molar-refractivity contribution in [2.75, 3.05) is 13.6 Å². The standard InChI is InChI=1S/C18H26N4O2S2/c1-11(2)10-20-14(23)12-8-6-7-9-13(12)15(19-5)26(24)17-21-16(25)18(3,4)22-17/h6-9,11,15,19H,10H2,1-5H3,(H,20,23)(H,21,22,25). The van der Waals surface area contributed by atoms with E-state index in [1.165, 1.54) is 0 Å². The zero-order chi connectivity index (χ0) is 19.5. The third-order valence-corrected chi connectivity index (χ3v) is 6.08. The number of rotatable bonds is 6. The summed E-state index contributed by atoms with van der Waals surface area (Å²) in [6, 6.07) is 7.18. The van der Waals surface area contributed by atoms with Gasteiger partial charge in [0.1, 0.15) is 26.7 Å². The van der Waals surface area contributed by atoms with Crippen molar-refractivity contribution in [3.8, 4) is 0 Å². The highest BCUT2D eigenvalue weighted by molar-refractivity contribution is 8.01. The molecule has 0 bridgehead atoms. The van der Waals surface area contributed by atoms with Gasteiger partial charge in [0.15, 0.2) is 5.17 Å². The van der Waals surface area contributed by atoms with Gasteiger partial charge in [0.05, 0.1) is 0 Å². The highest BCUT2D eigenvalue weighted by Gasteiger charge is 2.36. The van der Waals surface area contributed by atoms with Crippen LogP contribution in [0.2, 0.25) is 0 Å². The molecule has 0 spiro atoms. The van der Waals surface area contributed by atoms with E-state index in [1.807, 2.05) is 39.8 Å². The third kappa shape index (κ3) is 4.55. The van der Waals surface area contributed by atoms with Gasteiger partial charge in [-0.1, -0.05) is 44.3 Å². The van der Waals surface area contributed by atoms with Gasteiger partial charge >= 0.3 is 0 Å². The maximum Gasteiger partial charge on any atom is 0.251 e. The van der Waals surface area contributed by atoms with E-state index in [4.69, 9.17) is 12.2 Å². The summed E-state index contributed by atoms with van der Waals surface area (Å²) in [6.07, 6.45) is 0. The molecule has 6 nitrogen and oxygen atoms in total. The Balaban J connectivity index is 2.32. The Bertz CT molecular complexity index is 759. The number of thiocarbonyl (C=S) groups is 1. The Kier molecular flexibility index (Phi) is 6.65. The molecule has 1 aliphatic heterocycles. The predicted octanol–water partition coefficient (Wildman–Crippen LogP) is 2.10. The second-order valence-electron chi connectivity index (χ2n) is 7.09. The van der Waals surface area contributed by atoms with Gasteiger partial charge in [0.2, 0.25) is 0 Å². The van der Waals surface area contributed by atoms with Crippen LogP contribution in [0.25, 0.3) is 0 Å². The van der Waals surface area contributed by atoms with Gasteiger partial charge in [-0.05, 0) is 38.4 Å². The van der Waals surface area contributed by atoms with Crippen LogP contribution in [0.4, 0.5) is 0 Å². The van der Waals surface area contributed by atoms with Gasteiger partial charge in [-0.2, -0.15) is 0 Å². The van der Waals surface area contributed by atoms with Crippen LogP contribution in [-0.4, -0.2) is 39.4 Å². The van der Waals surface area contributed by atoms with Crippen LogP contribution in [0, 0.1) is 5.92 Å². The van der Waals surface area contributed by atoms with Gasteiger partial charge in [-0.25, -0.2) is 9.20 Å². The molecular formula is C18H26N4O2S2. The molecule has 2 rings (SSSR count). The molecule has 8 heteroatoms. The summed E-state index contributed by atoms with van der Waals surface area (Å²) < 4.78 is 13.1. The van der Waals surface area contributed by atoms with Crippen molar-refractivity contribution >= 4 is 39.1 Å². The molecule has 26 heavy (non-hydrogen) atoms. The van der Waals surface area contributed by atoms with Gasteiger partial charge in [-0.15, -0.1) is 0 Å². The Morgan fingerprint density at radius 3 is 2.54 bits per heavy atom. The maximum atomic E-state index is 13.1. The van der Waals surface area contributed by atoms with Gasteiger partial charge in [0, 0.05) is 12.1 Å². The zero-order valence-electron chi connectivity index (χ0n) is 15.8. The predicted molar refractivity (Wildman–Crippen MR) is 111 cm³/mol. The van der Waals surface area contributed by atoms with E-state index in [0.717, 1.165) is 0 Å². The van der Waals surface area contributed by atoms with Crippen LogP contribution in [-0.2, 0) is 10.8 Å². The molecule has 1 heterocycles. The van der Waals surface area contributed by atoms with Gasteiger partial charge in [-0.3, -0.25) is 4.79 Å². The topological polar surface area (TPSA) is 82.6 Å². The lowest BCUT2D eigenvalue weighted by atomic mass is 10.1. The van der Waals surface area contributed by atoms with E-state index in [0.29, 0.717) is 33.7 Å². The van der Waals surface area contributed by atoms with Gasteiger partial charge in [0.25, 0.3) is 5.91 Å². The number of benzene rings is 1. The summed E-state index contributed by atoms with van der Waals surface area (Å²) in [5, 5.41) is 8.67.